The molecule has 0 atom stereocenters. The summed E-state index contributed by atoms with van der Waals surface area (Å²) < 4.78 is 8.91. The molecule has 0 fully saturated rings. The first-order valence-electron chi connectivity index (χ1n) is 15.4. The summed E-state index contributed by atoms with van der Waals surface area (Å²) in [5.74, 6) is 0.802. The van der Waals surface area contributed by atoms with Crippen LogP contribution in [-0.4, -0.2) is 14.5 Å². The second-order valence-electron chi connectivity index (χ2n) is 12.6. The van der Waals surface area contributed by atoms with E-state index in [-0.39, 0.29) is 5.41 Å². The van der Waals surface area contributed by atoms with E-state index in [4.69, 9.17) is 14.4 Å². The van der Waals surface area contributed by atoms with Crippen LogP contribution in [0.5, 0.6) is 0 Å². The molecule has 3 aromatic heterocycles. The van der Waals surface area contributed by atoms with Crippen LogP contribution in [0.2, 0.25) is 0 Å². The Morgan fingerprint density at radius 3 is 2.13 bits per heavy atom. The van der Waals surface area contributed by atoms with E-state index >= 15 is 0 Å². The Hall–Kier alpha value is -5.74. The predicted molar refractivity (Wildman–Crippen MR) is 184 cm³/mol. The number of benzene rings is 6. The topological polar surface area (TPSA) is 43.9 Å². The molecule has 1 aliphatic carbocycles. The third-order valence-corrected chi connectivity index (χ3v) is 9.74. The molecule has 4 heteroatoms. The molecule has 212 valence electrons. The zero-order chi connectivity index (χ0) is 29.9. The third-order valence-electron chi connectivity index (χ3n) is 9.74. The molecule has 0 radical (unpaired) electrons. The summed E-state index contributed by atoms with van der Waals surface area (Å²) in [5, 5.41) is 6.97. The van der Waals surface area contributed by atoms with Gasteiger partial charge in [0.15, 0.2) is 5.82 Å². The molecule has 45 heavy (non-hydrogen) atoms. The SMILES string of the molecule is CC1(C)c2ccccc2-c2nc(-n3c4ccccc4c4cc5ccccc5cc43)c(-c3cccc4c3oc3ccccc34)nc21. The van der Waals surface area contributed by atoms with E-state index in [2.05, 4.69) is 134 Å². The van der Waals surface area contributed by atoms with Crippen LogP contribution >= 0.6 is 0 Å². The number of aromatic nitrogens is 3. The van der Waals surface area contributed by atoms with Crippen LogP contribution in [0.25, 0.3) is 82.8 Å². The van der Waals surface area contributed by atoms with E-state index in [1.54, 1.807) is 0 Å². The van der Waals surface area contributed by atoms with E-state index in [0.29, 0.717) is 0 Å². The minimum Gasteiger partial charge on any atom is -0.455 e. The van der Waals surface area contributed by atoms with Crippen LogP contribution in [0.1, 0.15) is 25.1 Å². The van der Waals surface area contributed by atoms with Crippen LogP contribution in [0.15, 0.2) is 132 Å². The lowest BCUT2D eigenvalue weighted by Crippen LogP contribution is -2.18. The van der Waals surface area contributed by atoms with Crippen molar-refractivity contribution in [3.05, 3.63) is 139 Å². The van der Waals surface area contributed by atoms with Gasteiger partial charge in [-0.2, -0.15) is 0 Å². The van der Waals surface area contributed by atoms with Gasteiger partial charge in [0, 0.05) is 38.1 Å². The van der Waals surface area contributed by atoms with Crippen molar-refractivity contribution in [1.82, 2.24) is 14.5 Å². The van der Waals surface area contributed by atoms with Gasteiger partial charge in [0.05, 0.1) is 22.4 Å². The molecule has 4 nitrogen and oxygen atoms in total. The van der Waals surface area contributed by atoms with Crippen molar-refractivity contribution in [2.75, 3.05) is 0 Å². The van der Waals surface area contributed by atoms with Crippen LogP contribution in [0, 0.1) is 0 Å². The first-order chi connectivity index (χ1) is 22.1. The fraction of sp³-hybridized carbons (Fsp3) is 0.0732. The van der Waals surface area contributed by atoms with E-state index < -0.39 is 0 Å². The molecule has 0 amide bonds. The van der Waals surface area contributed by atoms with Crippen molar-refractivity contribution >= 4 is 54.5 Å². The number of fused-ring (bicyclic) bond motifs is 10. The Kier molecular flexibility index (Phi) is 4.76. The Morgan fingerprint density at radius 2 is 1.24 bits per heavy atom. The Labute approximate surface area is 259 Å². The van der Waals surface area contributed by atoms with Crippen molar-refractivity contribution in [1.29, 1.82) is 0 Å². The molecule has 0 saturated carbocycles. The van der Waals surface area contributed by atoms with E-state index in [0.717, 1.165) is 67.0 Å². The van der Waals surface area contributed by atoms with Gasteiger partial charge in [-0.25, -0.2) is 9.97 Å². The molecular weight excluding hydrogens is 550 g/mol. The van der Waals surface area contributed by atoms with Crippen molar-refractivity contribution in [2.24, 2.45) is 0 Å². The van der Waals surface area contributed by atoms with Gasteiger partial charge >= 0.3 is 0 Å². The highest BCUT2D eigenvalue weighted by molar-refractivity contribution is 6.14. The summed E-state index contributed by atoms with van der Waals surface area (Å²) in [6.07, 6.45) is 0. The van der Waals surface area contributed by atoms with Crippen molar-refractivity contribution < 1.29 is 4.42 Å². The molecular formula is C41H27N3O. The van der Waals surface area contributed by atoms with Gasteiger partial charge in [-0.05, 0) is 46.7 Å². The van der Waals surface area contributed by atoms with Crippen molar-refractivity contribution in [3.63, 3.8) is 0 Å². The second-order valence-corrected chi connectivity index (χ2v) is 12.6. The van der Waals surface area contributed by atoms with Gasteiger partial charge in [-0.1, -0.05) is 111 Å². The molecule has 1 aliphatic rings. The Balaban J connectivity index is 1.39. The standard InChI is InChI=1S/C41H27N3O/c1-41(2)32-19-8-5-16-29(32)36-39(41)42-37(30-18-11-17-28-27-15-7-10-21-35(27)45-38(28)30)40(43-36)44-33-20-9-6-14-26(33)31-22-24-12-3-4-13-25(24)23-34(31)44/h3-23H,1-2H3. The van der Waals surface area contributed by atoms with Gasteiger partial charge in [0.25, 0.3) is 0 Å². The average molecular weight is 578 g/mol. The number of hydrogen-bond acceptors (Lipinski definition) is 3. The minimum atomic E-state index is -0.301. The molecule has 0 unspecified atom stereocenters. The zero-order valence-electron chi connectivity index (χ0n) is 24.9. The minimum absolute atomic E-state index is 0.301. The number of furan rings is 1. The monoisotopic (exact) mass is 577 g/mol. The summed E-state index contributed by atoms with van der Waals surface area (Å²) >= 11 is 0. The molecule has 0 bridgehead atoms. The van der Waals surface area contributed by atoms with Crippen LogP contribution in [0.4, 0.5) is 0 Å². The summed E-state index contributed by atoms with van der Waals surface area (Å²) in [6, 6.07) is 45.0. The summed E-state index contributed by atoms with van der Waals surface area (Å²) in [5.41, 5.74) is 9.67. The quantitative estimate of drug-likeness (QED) is 0.205. The molecule has 0 saturated heterocycles. The lowest BCUT2D eigenvalue weighted by molar-refractivity contribution is 0.634. The molecule has 9 aromatic rings. The van der Waals surface area contributed by atoms with Crippen molar-refractivity contribution in [3.8, 4) is 28.3 Å². The molecule has 10 rings (SSSR count). The van der Waals surface area contributed by atoms with E-state index in [1.165, 1.54) is 27.1 Å². The third kappa shape index (κ3) is 3.26. The number of hydrogen-bond donors (Lipinski definition) is 0. The first-order valence-corrected chi connectivity index (χ1v) is 15.4. The summed E-state index contributed by atoms with van der Waals surface area (Å²) in [6.45, 7) is 4.51. The summed E-state index contributed by atoms with van der Waals surface area (Å²) in [7, 11) is 0. The average Bonchev–Trinajstić information content (AvgIpc) is 3.69. The van der Waals surface area contributed by atoms with Gasteiger partial charge in [0.1, 0.15) is 16.9 Å². The van der Waals surface area contributed by atoms with E-state index in [1.807, 2.05) is 12.1 Å². The maximum absolute atomic E-state index is 6.60. The highest BCUT2D eigenvalue weighted by Crippen LogP contribution is 2.49. The smallest absolute Gasteiger partial charge is 0.165 e. The normalized spacial score (nSPS) is 13.7. The zero-order valence-corrected chi connectivity index (χ0v) is 24.9. The lowest BCUT2D eigenvalue weighted by atomic mass is 9.85. The molecule has 0 aliphatic heterocycles. The fourth-order valence-corrected chi connectivity index (χ4v) is 7.57. The fourth-order valence-electron chi connectivity index (χ4n) is 7.57. The Morgan fingerprint density at radius 1 is 0.556 bits per heavy atom. The first kappa shape index (κ1) is 24.7. The molecule has 6 aromatic carbocycles. The predicted octanol–water partition coefficient (Wildman–Crippen LogP) is 10.6. The van der Waals surface area contributed by atoms with Gasteiger partial charge in [0.2, 0.25) is 0 Å². The maximum atomic E-state index is 6.60. The number of rotatable bonds is 2. The molecule has 3 heterocycles. The molecule has 0 N–H and O–H groups in total. The van der Waals surface area contributed by atoms with E-state index in [9.17, 15) is 0 Å². The summed E-state index contributed by atoms with van der Waals surface area (Å²) in [4.78, 5) is 11.2. The Bertz CT molecular complexity index is 2690. The van der Waals surface area contributed by atoms with Crippen LogP contribution < -0.4 is 0 Å². The number of nitrogens with zero attached hydrogens (tertiary/aromatic N) is 3. The van der Waals surface area contributed by atoms with Gasteiger partial charge in [-0.3, -0.25) is 4.57 Å². The number of para-hydroxylation sites is 3. The second kappa shape index (κ2) is 8.67. The molecule has 0 spiro atoms. The van der Waals surface area contributed by atoms with Crippen LogP contribution in [0.3, 0.4) is 0 Å². The highest BCUT2D eigenvalue weighted by atomic mass is 16.3. The van der Waals surface area contributed by atoms with Gasteiger partial charge in [-0.15, -0.1) is 0 Å². The largest absolute Gasteiger partial charge is 0.455 e. The van der Waals surface area contributed by atoms with Crippen molar-refractivity contribution in [2.45, 2.75) is 19.3 Å². The van der Waals surface area contributed by atoms with Gasteiger partial charge < -0.3 is 4.42 Å². The maximum Gasteiger partial charge on any atom is 0.165 e. The lowest BCUT2D eigenvalue weighted by Gasteiger charge is -2.21. The highest BCUT2D eigenvalue weighted by Gasteiger charge is 2.39. The van der Waals surface area contributed by atoms with Crippen LogP contribution in [-0.2, 0) is 5.41 Å².